The maximum atomic E-state index is 13.2. The number of rotatable bonds is 2. The third-order valence-corrected chi connectivity index (χ3v) is 3.82. The van der Waals surface area contributed by atoms with E-state index < -0.39 is 5.60 Å². The second-order valence-corrected chi connectivity index (χ2v) is 5.36. The lowest BCUT2D eigenvalue weighted by atomic mass is 10.0. The topological polar surface area (TPSA) is 71.2 Å². The molecule has 100 valence electrons. The highest BCUT2D eigenvalue weighted by molar-refractivity contribution is 9.10. The fraction of sp³-hybridized carbons (Fsp3) is 0.333. The lowest BCUT2D eigenvalue weighted by Gasteiger charge is -2.14. The van der Waals surface area contributed by atoms with E-state index in [2.05, 4.69) is 31.4 Å². The van der Waals surface area contributed by atoms with Crippen molar-refractivity contribution < 1.29 is 14.0 Å². The van der Waals surface area contributed by atoms with Gasteiger partial charge in [-0.05, 0) is 31.2 Å². The van der Waals surface area contributed by atoms with Crippen molar-refractivity contribution in [2.75, 3.05) is 13.1 Å². The smallest absolute Gasteiger partial charge is 0.260 e. The molecule has 3 rings (SSSR count). The van der Waals surface area contributed by atoms with Crippen molar-refractivity contribution in [3.05, 3.63) is 34.4 Å². The van der Waals surface area contributed by atoms with Crippen LogP contribution in [-0.4, -0.2) is 28.3 Å². The van der Waals surface area contributed by atoms with E-state index in [1.807, 2.05) is 0 Å². The minimum absolute atomic E-state index is 0.156. The third kappa shape index (κ3) is 2.29. The van der Waals surface area contributed by atoms with Gasteiger partial charge in [0.1, 0.15) is 5.82 Å². The Morgan fingerprint density at radius 3 is 3.05 bits per heavy atom. The number of halogens is 2. The van der Waals surface area contributed by atoms with Gasteiger partial charge in [-0.15, -0.1) is 0 Å². The molecule has 1 aromatic carbocycles. The van der Waals surface area contributed by atoms with Crippen molar-refractivity contribution in [2.24, 2.45) is 0 Å². The monoisotopic (exact) mass is 327 g/mol. The van der Waals surface area contributed by atoms with E-state index in [0.29, 0.717) is 29.5 Å². The van der Waals surface area contributed by atoms with Gasteiger partial charge >= 0.3 is 0 Å². The Morgan fingerprint density at radius 1 is 1.47 bits per heavy atom. The zero-order valence-electron chi connectivity index (χ0n) is 9.86. The van der Waals surface area contributed by atoms with Crippen molar-refractivity contribution in [1.82, 2.24) is 15.5 Å². The maximum absolute atomic E-state index is 13.2. The summed E-state index contributed by atoms with van der Waals surface area (Å²) in [7, 11) is 0. The maximum Gasteiger partial charge on any atom is 0.260 e. The Kier molecular flexibility index (Phi) is 3.12. The summed E-state index contributed by atoms with van der Waals surface area (Å²) in [5, 5.41) is 17.1. The van der Waals surface area contributed by atoms with Crippen molar-refractivity contribution in [2.45, 2.75) is 12.0 Å². The van der Waals surface area contributed by atoms with E-state index in [4.69, 9.17) is 4.52 Å². The minimum atomic E-state index is -1.13. The van der Waals surface area contributed by atoms with Crippen LogP contribution in [0.1, 0.15) is 12.3 Å². The quantitative estimate of drug-likeness (QED) is 0.880. The van der Waals surface area contributed by atoms with E-state index in [1.54, 1.807) is 6.07 Å². The predicted octanol–water partition coefficient (Wildman–Crippen LogP) is 1.82. The van der Waals surface area contributed by atoms with Crippen LogP contribution in [0.15, 0.2) is 27.2 Å². The molecule has 0 bridgehead atoms. The number of nitrogens with one attached hydrogen (secondary N) is 1. The summed E-state index contributed by atoms with van der Waals surface area (Å²) in [5.74, 6) is 0.0242. The summed E-state index contributed by atoms with van der Waals surface area (Å²) >= 11 is 3.31. The van der Waals surface area contributed by atoms with Gasteiger partial charge in [-0.1, -0.05) is 21.1 Å². The van der Waals surface area contributed by atoms with Crippen LogP contribution in [-0.2, 0) is 5.60 Å². The molecular formula is C12H11BrFN3O2. The van der Waals surface area contributed by atoms with E-state index in [-0.39, 0.29) is 17.5 Å². The second kappa shape index (κ2) is 4.66. The van der Waals surface area contributed by atoms with Crippen molar-refractivity contribution in [3.8, 4) is 11.4 Å². The number of aromatic nitrogens is 2. The molecule has 1 aliphatic rings. The van der Waals surface area contributed by atoms with Gasteiger partial charge in [0.15, 0.2) is 5.60 Å². The lowest BCUT2D eigenvalue weighted by Crippen LogP contribution is -2.28. The van der Waals surface area contributed by atoms with Crippen LogP contribution >= 0.6 is 15.9 Å². The van der Waals surface area contributed by atoms with E-state index >= 15 is 0 Å². The highest BCUT2D eigenvalue weighted by atomic mass is 79.9. The number of hydrogen-bond donors (Lipinski definition) is 2. The van der Waals surface area contributed by atoms with Gasteiger partial charge in [0.05, 0.1) is 0 Å². The number of nitrogens with zero attached hydrogens (tertiary/aromatic N) is 2. The van der Waals surface area contributed by atoms with Gasteiger partial charge < -0.3 is 14.9 Å². The molecule has 0 radical (unpaired) electrons. The van der Waals surface area contributed by atoms with Crippen LogP contribution < -0.4 is 5.32 Å². The molecule has 0 spiro atoms. The molecule has 1 fully saturated rings. The van der Waals surface area contributed by atoms with Crippen LogP contribution in [0.25, 0.3) is 11.4 Å². The molecule has 0 aliphatic carbocycles. The first-order valence-electron chi connectivity index (χ1n) is 5.81. The first-order chi connectivity index (χ1) is 9.08. The Labute approximate surface area is 117 Å². The Hall–Kier alpha value is -1.31. The molecule has 1 aromatic heterocycles. The average Bonchev–Trinajstić information content (AvgIpc) is 3.02. The first kappa shape index (κ1) is 12.7. The summed E-state index contributed by atoms with van der Waals surface area (Å²) < 4.78 is 19.0. The number of hydrogen-bond acceptors (Lipinski definition) is 5. The fourth-order valence-corrected chi connectivity index (χ4v) is 2.48. The van der Waals surface area contributed by atoms with Gasteiger partial charge in [0.2, 0.25) is 5.82 Å². The molecule has 1 atom stereocenters. The lowest BCUT2D eigenvalue weighted by molar-refractivity contribution is 0.0243. The molecule has 1 saturated heterocycles. The minimum Gasteiger partial charge on any atom is -0.379 e. The molecular weight excluding hydrogens is 317 g/mol. The largest absolute Gasteiger partial charge is 0.379 e. The van der Waals surface area contributed by atoms with Gasteiger partial charge in [0.25, 0.3) is 5.89 Å². The SMILES string of the molecule is OC1(c2nc(-c3cc(F)ccc3Br)no2)CCNC1. The average molecular weight is 328 g/mol. The van der Waals surface area contributed by atoms with Crippen LogP contribution in [0.5, 0.6) is 0 Å². The van der Waals surface area contributed by atoms with E-state index in [1.165, 1.54) is 12.1 Å². The number of β-amino-alcohol motifs (C(OH)–C–C–N with tert-alkyl or cyclic N) is 1. The van der Waals surface area contributed by atoms with Gasteiger partial charge in [-0.25, -0.2) is 4.39 Å². The first-order valence-corrected chi connectivity index (χ1v) is 6.60. The van der Waals surface area contributed by atoms with Crippen LogP contribution in [0.2, 0.25) is 0 Å². The molecule has 2 aromatic rings. The molecule has 1 aliphatic heterocycles. The molecule has 2 N–H and O–H groups in total. The molecule has 19 heavy (non-hydrogen) atoms. The summed E-state index contributed by atoms with van der Waals surface area (Å²) in [6.07, 6.45) is 0.513. The third-order valence-electron chi connectivity index (χ3n) is 3.13. The summed E-state index contributed by atoms with van der Waals surface area (Å²) in [6, 6.07) is 4.23. The predicted molar refractivity (Wildman–Crippen MR) is 68.8 cm³/mol. The Morgan fingerprint density at radius 2 is 2.32 bits per heavy atom. The normalized spacial score (nSPS) is 22.9. The van der Waals surface area contributed by atoms with Crippen molar-refractivity contribution >= 4 is 15.9 Å². The highest BCUT2D eigenvalue weighted by Crippen LogP contribution is 2.31. The molecule has 1 unspecified atom stereocenters. The van der Waals surface area contributed by atoms with Crippen LogP contribution in [0, 0.1) is 5.82 Å². The van der Waals surface area contributed by atoms with Crippen LogP contribution in [0.3, 0.4) is 0 Å². The van der Waals surface area contributed by atoms with E-state index in [9.17, 15) is 9.50 Å². The molecule has 7 heteroatoms. The summed E-state index contributed by atoms with van der Waals surface area (Å²) in [4.78, 5) is 4.17. The van der Waals surface area contributed by atoms with Gasteiger partial charge in [0, 0.05) is 16.6 Å². The van der Waals surface area contributed by atoms with Gasteiger partial charge in [-0.2, -0.15) is 4.98 Å². The highest BCUT2D eigenvalue weighted by Gasteiger charge is 2.38. The molecule has 0 saturated carbocycles. The second-order valence-electron chi connectivity index (χ2n) is 4.51. The summed E-state index contributed by atoms with van der Waals surface area (Å²) in [6.45, 7) is 1.07. The van der Waals surface area contributed by atoms with E-state index in [0.717, 1.165) is 0 Å². The molecule has 5 nitrogen and oxygen atoms in total. The molecule has 0 amide bonds. The van der Waals surface area contributed by atoms with Crippen LogP contribution in [0.4, 0.5) is 4.39 Å². The number of benzene rings is 1. The molecule has 2 heterocycles. The Balaban J connectivity index is 1.99. The number of aliphatic hydroxyl groups is 1. The zero-order chi connectivity index (χ0) is 13.5. The fourth-order valence-electron chi connectivity index (χ4n) is 2.05. The van der Waals surface area contributed by atoms with Crippen molar-refractivity contribution in [3.63, 3.8) is 0 Å². The van der Waals surface area contributed by atoms with Gasteiger partial charge in [-0.3, -0.25) is 0 Å². The summed E-state index contributed by atoms with van der Waals surface area (Å²) in [5.41, 5.74) is -0.644. The van der Waals surface area contributed by atoms with Crippen molar-refractivity contribution in [1.29, 1.82) is 0 Å². The standard InChI is InChI=1S/C12H11BrFN3O2/c13-9-2-1-7(14)5-8(9)10-16-11(19-17-10)12(18)3-4-15-6-12/h1-2,5,15,18H,3-4,6H2. The zero-order valence-corrected chi connectivity index (χ0v) is 11.4. The Bertz CT molecular complexity index is 611.